The molecule has 0 aliphatic rings. The number of amides is 1. The Morgan fingerprint density at radius 1 is 1.30 bits per heavy atom. The highest BCUT2D eigenvalue weighted by atomic mass is 79.9. The maximum atomic E-state index is 11.7. The van der Waals surface area contributed by atoms with E-state index in [1.165, 1.54) is 12.3 Å². The number of phenols is 1. The third kappa shape index (κ3) is 5.10. The van der Waals surface area contributed by atoms with Gasteiger partial charge in [0, 0.05) is 10.0 Å². The molecule has 0 unspecified atom stereocenters. The van der Waals surface area contributed by atoms with Gasteiger partial charge in [-0.1, -0.05) is 28.1 Å². The van der Waals surface area contributed by atoms with E-state index in [9.17, 15) is 9.90 Å². The summed E-state index contributed by atoms with van der Waals surface area (Å²) in [6, 6.07) is 10.6. The largest absolute Gasteiger partial charge is 0.508 e. The highest BCUT2D eigenvalue weighted by Gasteiger charge is 2.04. The number of halogens is 1. The summed E-state index contributed by atoms with van der Waals surface area (Å²) < 4.78 is 6.25. The van der Waals surface area contributed by atoms with Gasteiger partial charge in [-0.3, -0.25) is 4.79 Å². The molecular formula is C17H17BrN2O3. The van der Waals surface area contributed by atoms with Gasteiger partial charge in [0.25, 0.3) is 5.91 Å². The van der Waals surface area contributed by atoms with Crippen molar-refractivity contribution >= 4 is 28.1 Å². The summed E-state index contributed by atoms with van der Waals surface area (Å²) >= 11 is 3.33. The van der Waals surface area contributed by atoms with Gasteiger partial charge in [-0.15, -0.1) is 0 Å². The van der Waals surface area contributed by atoms with Gasteiger partial charge in [-0.2, -0.15) is 5.10 Å². The zero-order valence-electron chi connectivity index (χ0n) is 12.8. The topological polar surface area (TPSA) is 70.9 Å². The average Bonchev–Trinajstić information content (AvgIpc) is 2.51. The first-order chi connectivity index (χ1) is 11.0. The van der Waals surface area contributed by atoms with Crippen molar-refractivity contribution < 1.29 is 14.6 Å². The average molecular weight is 377 g/mol. The lowest BCUT2D eigenvalue weighted by atomic mass is 10.1. The van der Waals surface area contributed by atoms with Crippen LogP contribution in [0.25, 0.3) is 0 Å². The van der Waals surface area contributed by atoms with Gasteiger partial charge in [-0.25, -0.2) is 5.43 Å². The number of nitrogens with one attached hydrogen (secondary N) is 1. The second-order valence-electron chi connectivity index (χ2n) is 5.06. The van der Waals surface area contributed by atoms with Crippen LogP contribution in [0, 0.1) is 13.8 Å². The smallest absolute Gasteiger partial charge is 0.277 e. The molecular weight excluding hydrogens is 360 g/mol. The molecule has 0 aliphatic heterocycles. The van der Waals surface area contributed by atoms with E-state index in [4.69, 9.17) is 4.74 Å². The molecule has 6 heteroatoms. The second-order valence-corrected chi connectivity index (χ2v) is 5.91. The predicted molar refractivity (Wildman–Crippen MR) is 93.0 cm³/mol. The van der Waals surface area contributed by atoms with Crippen molar-refractivity contribution in [3.05, 3.63) is 57.6 Å². The Balaban J connectivity index is 1.89. The lowest BCUT2D eigenvalue weighted by Gasteiger charge is -2.08. The van der Waals surface area contributed by atoms with Crippen molar-refractivity contribution in [1.82, 2.24) is 5.43 Å². The Labute approximate surface area is 143 Å². The standard InChI is InChI=1S/C17H17BrN2O3/c1-11-3-4-12(2)16(7-11)23-10-17(22)20-19-9-13-8-14(21)5-6-15(13)18/h3-9,21H,10H2,1-2H3,(H,20,22). The van der Waals surface area contributed by atoms with E-state index >= 15 is 0 Å². The Hall–Kier alpha value is -2.34. The number of aryl methyl sites for hydroxylation is 2. The monoisotopic (exact) mass is 376 g/mol. The van der Waals surface area contributed by atoms with Crippen LogP contribution in [-0.4, -0.2) is 23.8 Å². The first kappa shape index (κ1) is 17.0. The van der Waals surface area contributed by atoms with Gasteiger partial charge in [0.05, 0.1) is 6.21 Å². The molecule has 2 aromatic rings. The Bertz CT molecular complexity index is 745. The summed E-state index contributed by atoms with van der Waals surface area (Å²) in [5.74, 6) is 0.442. The minimum Gasteiger partial charge on any atom is -0.508 e. The molecule has 5 nitrogen and oxygen atoms in total. The van der Waals surface area contributed by atoms with Gasteiger partial charge in [0.15, 0.2) is 6.61 Å². The number of hydrazone groups is 1. The number of hydrogen-bond acceptors (Lipinski definition) is 4. The van der Waals surface area contributed by atoms with Crippen molar-refractivity contribution in [2.45, 2.75) is 13.8 Å². The highest BCUT2D eigenvalue weighted by molar-refractivity contribution is 9.10. The number of ether oxygens (including phenoxy) is 1. The van der Waals surface area contributed by atoms with E-state index in [2.05, 4.69) is 26.5 Å². The zero-order valence-corrected chi connectivity index (χ0v) is 14.4. The van der Waals surface area contributed by atoms with Crippen LogP contribution in [0.15, 0.2) is 46.0 Å². The first-order valence-corrected chi connectivity index (χ1v) is 7.75. The molecule has 23 heavy (non-hydrogen) atoms. The molecule has 0 fully saturated rings. The molecule has 0 aromatic heterocycles. The van der Waals surface area contributed by atoms with Crippen molar-refractivity contribution in [3.8, 4) is 11.5 Å². The third-order valence-corrected chi connectivity index (χ3v) is 3.80. The van der Waals surface area contributed by atoms with Gasteiger partial charge in [0.2, 0.25) is 0 Å². The third-order valence-electron chi connectivity index (χ3n) is 3.07. The summed E-state index contributed by atoms with van der Waals surface area (Å²) in [4.78, 5) is 11.7. The Kier molecular flexibility index (Phi) is 5.76. The number of carbonyl (C=O) groups excluding carboxylic acids is 1. The van der Waals surface area contributed by atoms with Crippen LogP contribution in [0.3, 0.4) is 0 Å². The van der Waals surface area contributed by atoms with Gasteiger partial charge < -0.3 is 9.84 Å². The maximum absolute atomic E-state index is 11.7. The van der Waals surface area contributed by atoms with E-state index in [1.54, 1.807) is 12.1 Å². The van der Waals surface area contributed by atoms with Crippen molar-refractivity contribution in [1.29, 1.82) is 0 Å². The molecule has 0 aliphatic carbocycles. The molecule has 2 rings (SSSR count). The number of carbonyl (C=O) groups is 1. The van der Waals surface area contributed by atoms with Crippen LogP contribution in [-0.2, 0) is 4.79 Å². The number of phenolic OH excluding ortho intramolecular Hbond substituents is 1. The van der Waals surface area contributed by atoms with Crippen LogP contribution in [0.5, 0.6) is 11.5 Å². The van der Waals surface area contributed by atoms with Crippen LogP contribution in [0.4, 0.5) is 0 Å². The van der Waals surface area contributed by atoms with Crippen molar-refractivity contribution in [3.63, 3.8) is 0 Å². The number of rotatable bonds is 5. The van der Waals surface area contributed by atoms with Crippen LogP contribution in [0.2, 0.25) is 0 Å². The molecule has 1 amide bonds. The first-order valence-electron chi connectivity index (χ1n) is 6.96. The van der Waals surface area contributed by atoms with E-state index < -0.39 is 0 Å². The number of hydrogen-bond donors (Lipinski definition) is 2. The lowest BCUT2D eigenvalue weighted by molar-refractivity contribution is -0.123. The van der Waals surface area contributed by atoms with Crippen molar-refractivity contribution in [2.24, 2.45) is 5.10 Å². The molecule has 0 saturated carbocycles. The highest BCUT2D eigenvalue weighted by Crippen LogP contribution is 2.20. The molecule has 0 heterocycles. The summed E-state index contributed by atoms with van der Waals surface area (Å²) in [7, 11) is 0. The fourth-order valence-electron chi connectivity index (χ4n) is 1.84. The van der Waals surface area contributed by atoms with E-state index in [-0.39, 0.29) is 18.3 Å². The molecule has 0 atom stereocenters. The fourth-order valence-corrected chi connectivity index (χ4v) is 2.19. The summed E-state index contributed by atoms with van der Waals surface area (Å²) in [6.07, 6.45) is 1.44. The lowest BCUT2D eigenvalue weighted by Crippen LogP contribution is -2.24. The van der Waals surface area contributed by atoms with Gasteiger partial charge >= 0.3 is 0 Å². The minimum absolute atomic E-state index is 0.122. The van der Waals surface area contributed by atoms with Gasteiger partial charge in [-0.05, 0) is 49.2 Å². The van der Waals surface area contributed by atoms with E-state index in [1.807, 2.05) is 32.0 Å². The molecule has 120 valence electrons. The summed E-state index contributed by atoms with van der Waals surface area (Å²) in [6.45, 7) is 3.76. The number of benzene rings is 2. The van der Waals surface area contributed by atoms with E-state index in [0.717, 1.165) is 15.6 Å². The Morgan fingerprint density at radius 2 is 2.09 bits per heavy atom. The van der Waals surface area contributed by atoms with Crippen LogP contribution in [0.1, 0.15) is 16.7 Å². The summed E-state index contributed by atoms with van der Waals surface area (Å²) in [5, 5.41) is 13.3. The quantitative estimate of drug-likeness (QED) is 0.621. The zero-order chi connectivity index (χ0) is 16.8. The second kappa shape index (κ2) is 7.78. The van der Waals surface area contributed by atoms with Gasteiger partial charge in [0.1, 0.15) is 11.5 Å². The molecule has 2 N–H and O–H groups in total. The molecule has 0 radical (unpaired) electrons. The van der Waals surface area contributed by atoms with E-state index in [0.29, 0.717) is 11.3 Å². The molecule has 0 saturated heterocycles. The van der Waals surface area contributed by atoms with Crippen LogP contribution >= 0.6 is 15.9 Å². The Morgan fingerprint density at radius 3 is 2.87 bits per heavy atom. The number of nitrogens with zero attached hydrogens (tertiary/aromatic N) is 1. The number of aromatic hydroxyl groups is 1. The molecule has 0 bridgehead atoms. The predicted octanol–water partition coefficient (Wildman–Crippen LogP) is 3.30. The van der Waals surface area contributed by atoms with Crippen molar-refractivity contribution in [2.75, 3.05) is 6.61 Å². The minimum atomic E-state index is -0.363. The molecule has 0 spiro atoms. The SMILES string of the molecule is Cc1ccc(C)c(OCC(=O)NN=Cc2cc(O)ccc2Br)c1. The fraction of sp³-hybridized carbons (Fsp3) is 0.176. The molecule has 2 aromatic carbocycles. The maximum Gasteiger partial charge on any atom is 0.277 e. The summed E-state index contributed by atoms with van der Waals surface area (Å²) in [5.41, 5.74) is 5.07. The normalized spacial score (nSPS) is 10.7. The van der Waals surface area contributed by atoms with Crippen LogP contribution < -0.4 is 10.2 Å².